The van der Waals surface area contributed by atoms with Gasteiger partial charge in [0.05, 0.1) is 20.3 Å². The summed E-state index contributed by atoms with van der Waals surface area (Å²) in [6.45, 7) is 3.84. The van der Waals surface area contributed by atoms with Gasteiger partial charge in [-0.25, -0.2) is 14.4 Å². The molecule has 0 bridgehead atoms. The van der Waals surface area contributed by atoms with E-state index in [4.69, 9.17) is 4.74 Å². The van der Waals surface area contributed by atoms with E-state index in [0.29, 0.717) is 19.4 Å². The lowest BCUT2D eigenvalue weighted by atomic mass is 9.96. The average Bonchev–Trinajstić information content (AvgIpc) is 2.46. The lowest BCUT2D eigenvalue weighted by molar-refractivity contribution is -0.158. The van der Waals surface area contributed by atoms with E-state index < -0.39 is 29.6 Å². The number of carboxylic acid groups (broad SMARTS) is 1. The van der Waals surface area contributed by atoms with Crippen LogP contribution in [0.15, 0.2) is 0 Å². The number of hydrogen-bond acceptors (Lipinski definition) is 5. The Hall–Kier alpha value is -1.83. The van der Waals surface area contributed by atoms with Crippen LogP contribution in [0.4, 0.5) is 4.79 Å². The van der Waals surface area contributed by atoms with Crippen molar-refractivity contribution in [2.45, 2.75) is 38.3 Å². The molecule has 2 N–H and O–H groups in total. The molecule has 0 radical (unpaired) electrons. The molecular weight excluding hydrogens is 280 g/mol. The number of esters is 1. The topological polar surface area (TPSA) is 105 Å². The minimum absolute atomic E-state index is 0.0420. The minimum Gasteiger partial charge on any atom is -0.480 e. The maximum absolute atomic E-state index is 12.2. The molecule has 120 valence electrons. The molecule has 0 aliphatic carbocycles. The first-order valence-electron chi connectivity index (χ1n) is 6.84. The van der Waals surface area contributed by atoms with Crippen LogP contribution in [0.5, 0.6) is 0 Å². The van der Waals surface area contributed by atoms with E-state index in [9.17, 15) is 19.5 Å². The highest BCUT2D eigenvalue weighted by Gasteiger charge is 2.37. The summed E-state index contributed by atoms with van der Waals surface area (Å²) in [6, 6.07) is -0.523. The molecule has 21 heavy (non-hydrogen) atoms. The van der Waals surface area contributed by atoms with Crippen molar-refractivity contribution in [1.82, 2.24) is 10.2 Å². The fourth-order valence-electron chi connectivity index (χ4n) is 2.15. The summed E-state index contributed by atoms with van der Waals surface area (Å²) >= 11 is 0. The number of amides is 2. The third-order valence-electron chi connectivity index (χ3n) is 3.42. The monoisotopic (exact) mass is 302 g/mol. The molecule has 1 rings (SSSR count). The van der Waals surface area contributed by atoms with E-state index in [2.05, 4.69) is 10.1 Å². The fraction of sp³-hybridized carbons (Fsp3) is 0.769. The average molecular weight is 302 g/mol. The molecule has 1 heterocycles. The Balaban J connectivity index is 2.69. The third-order valence-corrected chi connectivity index (χ3v) is 3.42. The van der Waals surface area contributed by atoms with Crippen molar-refractivity contribution in [3.63, 3.8) is 0 Å². The van der Waals surface area contributed by atoms with Gasteiger partial charge >= 0.3 is 18.0 Å². The molecule has 8 nitrogen and oxygen atoms in total. The van der Waals surface area contributed by atoms with Crippen LogP contribution >= 0.6 is 0 Å². The molecule has 1 aliphatic heterocycles. The number of nitrogens with zero attached hydrogens (tertiary/aromatic N) is 1. The van der Waals surface area contributed by atoms with Gasteiger partial charge in [0.1, 0.15) is 5.54 Å². The number of carboxylic acids is 1. The number of hydrogen-bond donors (Lipinski definition) is 2. The number of aliphatic carboxylic acids is 1. The summed E-state index contributed by atoms with van der Waals surface area (Å²) < 4.78 is 9.80. The zero-order chi connectivity index (χ0) is 16.0. The molecule has 2 atom stereocenters. The molecular formula is C13H22N2O6. The summed E-state index contributed by atoms with van der Waals surface area (Å²) in [7, 11) is 1.24. The Bertz CT molecular complexity index is 413. The van der Waals surface area contributed by atoms with Gasteiger partial charge in [0.25, 0.3) is 0 Å². The Kier molecular flexibility index (Phi) is 5.95. The molecule has 8 heteroatoms. The Morgan fingerprint density at radius 3 is 2.67 bits per heavy atom. The number of urea groups is 1. The second-order valence-electron chi connectivity index (χ2n) is 5.15. The SMILES string of the molecule is CCCC(C)(NC(=O)N1CCOC(C(=O)OC)C1)C(=O)O. The third kappa shape index (κ3) is 4.32. The maximum atomic E-state index is 12.2. The molecule has 2 unspecified atom stereocenters. The Morgan fingerprint density at radius 2 is 2.14 bits per heavy atom. The van der Waals surface area contributed by atoms with E-state index in [0.717, 1.165) is 0 Å². The zero-order valence-electron chi connectivity index (χ0n) is 12.5. The van der Waals surface area contributed by atoms with Crippen LogP contribution in [0.25, 0.3) is 0 Å². The van der Waals surface area contributed by atoms with Crippen molar-refractivity contribution in [2.75, 3.05) is 26.8 Å². The van der Waals surface area contributed by atoms with Crippen LogP contribution in [-0.2, 0) is 19.1 Å². The van der Waals surface area contributed by atoms with Crippen molar-refractivity contribution in [2.24, 2.45) is 0 Å². The first kappa shape index (κ1) is 17.2. The van der Waals surface area contributed by atoms with E-state index in [1.54, 1.807) is 0 Å². The Morgan fingerprint density at radius 1 is 1.48 bits per heavy atom. The number of rotatable bonds is 5. The van der Waals surface area contributed by atoms with Crippen molar-refractivity contribution in [1.29, 1.82) is 0 Å². The highest BCUT2D eigenvalue weighted by atomic mass is 16.6. The maximum Gasteiger partial charge on any atom is 0.336 e. The first-order chi connectivity index (χ1) is 9.84. The second-order valence-corrected chi connectivity index (χ2v) is 5.15. The van der Waals surface area contributed by atoms with Gasteiger partial charge in [0.15, 0.2) is 6.10 Å². The fourth-order valence-corrected chi connectivity index (χ4v) is 2.15. The van der Waals surface area contributed by atoms with Gasteiger partial charge in [-0.05, 0) is 13.3 Å². The highest BCUT2D eigenvalue weighted by molar-refractivity contribution is 5.86. The van der Waals surface area contributed by atoms with Gasteiger partial charge in [-0.2, -0.15) is 0 Å². The molecule has 0 spiro atoms. The standard InChI is InChI=1S/C13H22N2O6/c1-4-5-13(2,11(17)18)14-12(19)15-6-7-21-9(8-15)10(16)20-3/h9H,4-8H2,1-3H3,(H,14,19)(H,17,18). The lowest BCUT2D eigenvalue weighted by Crippen LogP contribution is -2.59. The van der Waals surface area contributed by atoms with Crippen LogP contribution in [-0.4, -0.2) is 66.4 Å². The van der Waals surface area contributed by atoms with Gasteiger partial charge in [-0.15, -0.1) is 0 Å². The van der Waals surface area contributed by atoms with Crippen LogP contribution in [0.1, 0.15) is 26.7 Å². The van der Waals surface area contributed by atoms with E-state index in [-0.39, 0.29) is 13.2 Å². The largest absolute Gasteiger partial charge is 0.480 e. The molecule has 0 aromatic rings. The van der Waals surface area contributed by atoms with Crippen LogP contribution in [0.3, 0.4) is 0 Å². The number of methoxy groups -OCH3 is 1. The summed E-state index contributed by atoms with van der Waals surface area (Å²) in [4.78, 5) is 36.3. The number of nitrogens with one attached hydrogen (secondary N) is 1. The Labute approximate surface area is 123 Å². The molecule has 0 aromatic heterocycles. The summed E-state index contributed by atoms with van der Waals surface area (Å²) in [5.41, 5.74) is -1.33. The van der Waals surface area contributed by atoms with Crippen molar-refractivity contribution < 1.29 is 29.0 Å². The van der Waals surface area contributed by atoms with Gasteiger partial charge in [0, 0.05) is 6.54 Å². The summed E-state index contributed by atoms with van der Waals surface area (Å²) in [5.74, 6) is -1.64. The molecule has 0 saturated carbocycles. The van der Waals surface area contributed by atoms with Crippen LogP contribution < -0.4 is 5.32 Å². The van der Waals surface area contributed by atoms with Gasteiger partial charge < -0.3 is 24.8 Å². The van der Waals surface area contributed by atoms with Crippen molar-refractivity contribution in [3.05, 3.63) is 0 Å². The van der Waals surface area contributed by atoms with Gasteiger partial charge in [-0.1, -0.05) is 13.3 Å². The first-order valence-corrected chi connectivity index (χ1v) is 6.84. The predicted molar refractivity (Wildman–Crippen MR) is 72.8 cm³/mol. The minimum atomic E-state index is -1.33. The molecule has 1 aliphatic rings. The summed E-state index contributed by atoms with van der Waals surface area (Å²) in [5, 5.41) is 11.8. The van der Waals surface area contributed by atoms with Gasteiger partial charge in [-0.3, -0.25) is 0 Å². The predicted octanol–water partition coefficient (Wildman–Crippen LogP) is 0.213. The quantitative estimate of drug-likeness (QED) is 0.704. The second kappa shape index (κ2) is 7.26. The highest BCUT2D eigenvalue weighted by Crippen LogP contribution is 2.14. The number of ether oxygens (including phenoxy) is 2. The van der Waals surface area contributed by atoms with E-state index >= 15 is 0 Å². The molecule has 2 amide bonds. The number of carbonyl (C=O) groups excluding carboxylic acids is 2. The summed E-state index contributed by atoms with van der Waals surface area (Å²) in [6.07, 6.45) is 0.104. The normalized spacial score (nSPS) is 21.3. The lowest BCUT2D eigenvalue weighted by Gasteiger charge is -2.34. The van der Waals surface area contributed by atoms with E-state index in [1.165, 1.54) is 18.9 Å². The number of carbonyl (C=O) groups is 3. The van der Waals surface area contributed by atoms with Crippen LogP contribution in [0.2, 0.25) is 0 Å². The smallest absolute Gasteiger partial charge is 0.336 e. The molecule has 1 saturated heterocycles. The van der Waals surface area contributed by atoms with E-state index in [1.807, 2.05) is 6.92 Å². The van der Waals surface area contributed by atoms with Crippen molar-refractivity contribution >= 4 is 18.0 Å². The van der Waals surface area contributed by atoms with Crippen molar-refractivity contribution in [3.8, 4) is 0 Å². The van der Waals surface area contributed by atoms with Crippen LogP contribution in [0, 0.1) is 0 Å². The van der Waals surface area contributed by atoms with Gasteiger partial charge in [0.2, 0.25) is 0 Å². The molecule has 1 fully saturated rings. The molecule has 0 aromatic carbocycles. The number of morpholine rings is 1. The zero-order valence-corrected chi connectivity index (χ0v) is 12.5.